The van der Waals surface area contributed by atoms with Crippen molar-refractivity contribution in [1.82, 2.24) is 0 Å². The fraction of sp³-hybridized carbons (Fsp3) is 0.795. The summed E-state index contributed by atoms with van der Waals surface area (Å²) in [5.74, 6) is -0.910. The van der Waals surface area contributed by atoms with Crippen molar-refractivity contribution in [1.29, 1.82) is 0 Å². The first-order valence-electron chi connectivity index (χ1n) is 21.8. The first-order chi connectivity index (χ1) is 26.8. The van der Waals surface area contributed by atoms with Gasteiger partial charge < -0.3 is 32.6 Å². The molecule has 2 rings (SSSR count). The molecule has 2 aliphatic rings. The lowest BCUT2D eigenvalue weighted by molar-refractivity contribution is -0.870. The van der Waals surface area contributed by atoms with Gasteiger partial charge in [-0.1, -0.05) is 122 Å². The van der Waals surface area contributed by atoms with Crippen LogP contribution in [0.1, 0.15) is 155 Å². The average Bonchev–Trinajstić information content (AvgIpc) is 3.80. The molecular weight excluding hydrogens is 733 g/mol. The van der Waals surface area contributed by atoms with E-state index in [0.717, 1.165) is 37.7 Å². The lowest BCUT2D eigenvalue weighted by Gasteiger charge is -2.28. The van der Waals surface area contributed by atoms with E-state index in [-0.39, 0.29) is 50.0 Å². The number of hydrogen-bond donors (Lipinski definition) is 0. The van der Waals surface area contributed by atoms with Gasteiger partial charge in [0, 0.05) is 24.3 Å². The first kappa shape index (κ1) is 50.0. The van der Waals surface area contributed by atoms with Gasteiger partial charge in [0.25, 0.3) is 7.82 Å². The number of esters is 2. The number of allylic oxidation sites excluding steroid dienone is 5. The molecule has 0 bridgehead atoms. The molecular formula is C44H76NO10P. The van der Waals surface area contributed by atoms with E-state index in [1.165, 1.54) is 77.0 Å². The lowest BCUT2D eigenvalue weighted by Crippen LogP contribution is -2.37. The van der Waals surface area contributed by atoms with Crippen molar-refractivity contribution >= 4 is 25.5 Å². The maximum atomic E-state index is 12.8. The highest BCUT2D eigenvalue weighted by Gasteiger charge is 2.38. The van der Waals surface area contributed by atoms with Crippen LogP contribution in [0.5, 0.6) is 0 Å². The Balaban J connectivity index is 1.74. The third-order valence-corrected chi connectivity index (χ3v) is 11.1. The standard InChI is InChI=1S/C44H76NO10P/c1-6-8-10-12-14-15-16-17-18-19-20-22-24-28-43(47)51-35-38(36-53-56(49,50)52-33-32-45(3,4)5)54-44(48)29-25-27-41-42(55-41)34-39-37(30-31-40(39)46)26-23-21-13-11-9-7-2/h21,23,30-31,34,37-38,41-42H,6-20,22,24-29,32-33,35-36H2,1-5H3/b23-21-,39-34+/t37?,38-,41?,42?/m1/s1. The molecule has 0 aromatic carbocycles. The number of quaternary nitrogens is 1. The summed E-state index contributed by atoms with van der Waals surface area (Å²) in [6.07, 6.45) is 30.9. The van der Waals surface area contributed by atoms with Crippen LogP contribution in [0.2, 0.25) is 0 Å². The number of phosphoric ester groups is 1. The molecule has 11 nitrogen and oxygen atoms in total. The van der Waals surface area contributed by atoms with Crippen LogP contribution in [0.15, 0.2) is 36.0 Å². The predicted octanol–water partition coefficient (Wildman–Crippen LogP) is 9.28. The van der Waals surface area contributed by atoms with Crippen LogP contribution in [-0.4, -0.2) is 88.0 Å². The van der Waals surface area contributed by atoms with Crippen LogP contribution in [0.4, 0.5) is 0 Å². The number of epoxide rings is 1. The summed E-state index contributed by atoms with van der Waals surface area (Å²) in [6, 6.07) is 0. The zero-order valence-electron chi connectivity index (χ0n) is 35.6. The van der Waals surface area contributed by atoms with Crippen molar-refractivity contribution in [3.05, 3.63) is 36.0 Å². The Bertz CT molecular complexity index is 1260. The predicted molar refractivity (Wildman–Crippen MR) is 220 cm³/mol. The van der Waals surface area contributed by atoms with Crippen LogP contribution in [0, 0.1) is 5.92 Å². The zero-order chi connectivity index (χ0) is 41.1. The molecule has 1 saturated heterocycles. The van der Waals surface area contributed by atoms with E-state index in [4.69, 9.17) is 23.3 Å². The number of likely N-dealkylation sites (N-methyl/N-ethyl adjacent to an activating group) is 1. The number of unbranched alkanes of at least 4 members (excludes halogenated alkanes) is 15. The first-order valence-corrected chi connectivity index (χ1v) is 23.3. The Labute approximate surface area is 339 Å². The molecule has 0 aromatic heterocycles. The highest BCUT2D eigenvalue weighted by atomic mass is 31.2. The van der Waals surface area contributed by atoms with E-state index in [2.05, 4.69) is 26.0 Å². The van der Waals surface area contributed by atoms with Crippen molar-refractivity contribution in [2.24, 2.45) is 5.92 Å². The van der Waals surface area contributed by atoms with Gasteiger partial charge in [0.05, 0.1) is 33.9 Å². The summed E-state index contributed by atoms with van der Waals surface area (Å²) >= 11 is 0. The van der Waals surface area contributed by atoms with Gasteiger partial charge >= 0.3 is 11.9 Å². The van der Waals surface area contributed by atoms with Crippen molar-refractivity contribution in [2.45, 2.75) is 173 Å². The maximum Gasteiger partial charge on any atom is 0.306 e. The highest BCUT2D eigenvalue weighted by Crippen LogP contribution is 2.38. The Hall–Kier alpha value is -2.14. The molecule has 0 N–H and O–H groups in total. The van der Waals surface area contributed by atoms with E-state index in [1.807, 2.05) is 33.3 Å². The third kappa shape index (κ3) is 25.3. The fourth-order valence-corrected chi connectivity index (χ4v) is 7.30. The number of ketones is 1. The van der Waals surface area contributed by atoms with Crippen molar-refractivity contribution in [3.8, 4) is 0 Å². The molecule has 1 aliphatic carbocycles. The Morgan fingerprint density at radius 3 is 2.07 bits per heavy atom. The summed E-state index contributed by atoms with van der Waals surface area (Å²) in [5, 5.41) is 0. The summed E-state index contributed by atoms with van der Waals surface area (Å²) in [4.78, 5) is 50.3. The third-order valence-electron chi connectivity index (χ3n) is 10.2. The van der Waals surface area contributed by atoms with E-state index in [0.29, 0.717) is 30.3 Å². The molecule has 0 aromatic rings. The molecule has 0 saturated carbocycles. The quantitative estimate of drug-likeness (QED) is 0.0116. The molecule has 1 heterocycles. The van der Waals surface area contributed by atoms with E-state index < -0.39 is 32.5 Å². The van der Waals surface area contributed by atoms with Gasteiger partial charge in [-0.3, -0.25) is 18.9 Å². The number of rotatable bonds is 35. The molecule has 0 amide bonds. The number of hydrogen-bond acceptors (Lipinski definition) is 10. The monoisotopic (exact) mass is 810 g/mol. The van der Waals surface area contributed by atoms with Gasteiger partial charge in [-0.05, 0) is 50.7 Å². The van der Waals surface area contributed by atoms with Gasteiger partial charge in [0.1, 0.15) is 25.9 Å². The largest absolute Gasteiger partial charge is 0.756 e. The molecule has 322 valence electrons. The van der Waals surface area contributed by atoms with Crippen LogP contribution in [-0.2, 0) is 42.2 Å². The number of nitrogens with zero attached hydrogens (tertiary/aromatic N) is 1. The Kier molecular flexibility index (Phi) is 26.0. The normalized spacial score (nSPS) is 20.5. The van der Waals surface area contributed by atoms with Gasteiger partial charge in [-0.2, -0.15) is 0 Å². The molecule has 12 heteroatoms. The maximum absolute atomic E-state index is 12.8. The average molecular weight is 810 g/mol. The molecule has 4 unspecified atom stereocenters. The van der Waals surface area contributed by atoms with Crippen LogP contribution in [0.3, 0.4) is 0 Å². The molecule has 56 heavy (non-hydrogen) atoms. The second-order valence-corrected chi connectivity index (χ2v) is 18.0. The smallest absolute Gasteiger partial charge is 0.306 e. The van der Waals surface area contributed by atoms with Gasteiger partial charge in [0.2, 0.25) is 0 Å². The van der Waals surface area contributed by atoms with Gasteiger partial charge in [0.15, 0.2) is 11.9 Å². The molecule has 1 aliphatic heterocycles. The summed E-state index contributed by atoms with van der Waals surface area (Å²) in [6.45, 7) is 3.96. The van der Waals surface area contributed by atoms with Crippen LogP contribution < -0.4 is 4.89 Å². The van der Waals surface area contributed by atoms with Crippen molar-refractivity contribution < 1.29 is 51.6 Å². The molecule has 0 radical (unpaired) electrons. The number of ether oxygens (including phenoxy) is 3. The zero-order valence-corrected chi connectivity index (χ0v) is 36.5. The van der Waals surface area contributed by atoms with Crippen molar-refractivity contribution in [3.63, 3.8) is 0 Å². The summed E-state index contributed by atoms with van der Waals surface area (Å²) in [5.41, 5.74) is 0.763. The number of carbonyl (C=O) groups is 3. The molecule has 1 fully saturated rings. The van der Waals surface area contributed by atoms with Crippen LogP contribution in [0.25, 0.3) is 0 Å². The molecule has 5 atom stereocenters. The van der Waals surface area contributed by atoms with Gasteiger partial charge in [-0.25, -0.2) is 0 Å². The van der Waals surface area contributed by atoms with Crippen molar-refractivity contribution in [2.75, 3.05) is 47.5 Å². The van der Waals surface area contributed by atoms with E-state index >= 15 is 0 Å². The minimum atomic E-state index is -4.68. The van der Waals surface area contributed by atoms with Crippen LogP contribution >= 0.6 is 7.82 Å². The Morgan fingerprint density at radius 2 is 1.43 bits per heavy atom. The summed E-state index contributed by atoms with van der Waals surface area (Å²) < 4.78 is 39.7. The summed E-state index contributed by atoms with van der Waals surface area (Å²) in [7, 11) is 1.05. The lowest BCUT2D eigenvalue weighted by atomic mass is 9.96. The molecule has 0 spiro atoms. The highest BCUT2D eigenvalue weighted by molar-refractivity contribution is 7.45. The fourth-order valence-electron chi connectivity index (χ4n) is 6.57. The van der Waals surface area contributed by atoms with Gasteiger partial charge in [-0.15, -0.1) is 0 Å². The number of phosphoric acid groups is 1. The SMILES string of the molecule is CCCCC/C=C\CC1C=CC(=O)/C1=C/C1OC1CCCC(=O)O[C@H](COC(=O)CCCCCCCCCCCCCCC)COP(=O)([O-])OCC[N+](C)(C)C. The second kappa shape index (κ2) is 29.1. The minimum Gasteiger partial charge on any atom is -0.756 e. The topological polar surface area (TPSA) is 141 Å². The van der Waals surface area contributed by atoms with E-state index in [1.54, 1.807) is 6.08 Å². The van der Waals surface area contributed by atoms with E-state index in [9.17, 15) is 23.8 Å². The minimum absolute atomic E-state index is 0.0203. The second-order valence-electron chi connectivity index (χ2n) is 16.6. The number of carbonyl (C=O) groups excluding carboxylic acids is 3. The Morgan fingerprint density at radius 1 is 0.821 bits per heavy atom.